The summed E-state index contributed by atoms with van der Waals surface area (Å²) in [7, 11) is 0. The zero-order chi connectivity index (χ0) is 14.7. The third-order valence-corrected chi connectivity index (χ3v) is 3.62. The first-order valence-electron chi connectivity index (χ1n) is 7.09. The number of carbonyl (C=O) groups is 1. The number of rotatable bonds is 4. The van der Waals surface area contributed by atoms with E-state index in [0.29, 0.717) is 0 Å². The Labute approximate surface area is 120 Å². The van der Waals surface area contributed by atoms with E-state index in [2.05, 4.69) is 32.0 Å². The van der Waals surface area contributed by atoms with Crippen molar-refractivity contribution >= 4 is 27.8 Å². The molecule has 20 heavy (non-hydrogen) atoms. The van der Waals surface area contributed by atoms with Crippen LogP contribution < -0.4 is 5.73 Å². The van der Waals surface area contributed by atoms with E-state index in [9.17, 15) is 4.79 Å². The molecule has 0 aliphatic heterocycles. The summed E-state index contributed by atoms with van der Waals surface area (Å²) in [5.41, 5.74) is 10.2. The highest BCUT2D eigenvalue weighted by Gasteiger charge is 2.09. The van der Waals surface area contributed by atoms with Gasteiger partial charge in [0.25, 0.3) is 0 Å². The molecule has 0 heterocycles. The van der Waals surface area contributed by atoms with Crippen molar-refractivity contribution in [2.24, 2.45) is 0 Å². The van der Waals surface area contributed by atoms with E-state index in [4.69, 9.17) is 5.73 Å². The van der Waals surface area contributed by atoms with Crippen molar-refractivity contribution in [3.8, 4) is 0 Å². The molecule has 0 bridgehead atoms. The van der Waals surface area contributed by atoms with Gasteiger partial charge in [-0.25, -0.2) is 0 Å². The predicted molar refractivity (Wildman–Crippen MR) is 86.7 cm³/mol. The molecule has 0 aliphatic carbocycles. The lowest BCUT2D eigenvalue weighted by atomic mass is 9.92. The molecule has 0 radical (unpaired) electrons. The number of benzene rings is 2. The lowest BCUT2D eigenvalue weighted by molar-refractivity contribution is -0.112. The fourth-order valence-corrected chi connectivity index (χ4v) is 2.63. The Morgan fingerprint density at radius 2 is 1.90 bits per heavy atom. The lowest BCUT2D eigenvalue weighted by Crippen LogP contribution is -1.94. The quantitative estimate of drug-likeness (QED) is 0.660. The molecular weight excluding hydrogens is 246 g/mol. The van der Waals surface area contributed by atoms with Gasteiger partial charge in [-0.3, -0.25) is 4.79 Å². The molecule has 0 aromatic heterocycles. The third-order valence-electron chi connectivity index (χ3n) is 3.62. The van der Waals surface area contributed by atoms with Crippen LogP contribution in [0.3, 0.4) is 0 Å². The van der Waals surface area contributed by atoms with Gasteiger partial charge in [0.15, 0.2) is 5.78 Å². The second-order valence-electron chi connectivity index (χ2n) is 5.06. The Balaban J connectivity index is 2.77. The molecule has 2 aromatic rings. The molecule has 2 N–H and O–H groups in total. The minimum atomic E-state index is 0.0819. The van der Waals surface area contributed by atoms with Crippen LogP contribution in [-0.4, -0.2) is 5.78 Å². The van der Waals surface area contributed by atoms with E-state index < -0.39 is 0 Å². The highest BCUT2D eigenvalue weighted by molar-refractivity contribution is 6.02. The maximum absolute atomic E-state index is 11.4. The van der Waals surface area contributed by atoms with E-state index in [1.165, 1.54) is 10.9 Å². The predicted octanol–water partition coefficient (Wildman–Crippen LogP) is 4.37. The van der Waals surface area contributed by atoms with Gasteiger partial charge in [-0.2, -0.15) is 0 Å². The largest absolute Gasteiger partial charge is 0.399 e. The van der Waals surface area contributed by atoms with Crippen molar-refractivity contribution in [3.05, 3.63) is 47.5 Å². The van der Waals surface area contributed by atoms with E-state index >= 15 is 0 Å². The number of hydrogen-bond acceptors (Lipinski definition) is 2. The molecular formula is C18H21NO. The van der Waals surface area contributed by atoms with Crippen LogP contribution in [0.25, 0.3) is 16.3 Å². The van der Waals surface area contributed by atoms with Gasteiger partial charge < -0.3 is 5.73 Å². The Kier molecular flexibility index (Phi) is 4.23. The van der Waals surface area contributed by atoms with Gasteiger partial charge in [-0.15, -0.1) is 0 Å². The number of nitrogen functional groups attached to an aromatic ring is 1. The Bertz CT molecular complexity index is 683. The van der Waals surface area contributed by atoms with Gasteiger partial charge in [0, 0.05) is 5.69 Å². The zero-order valence-corrected chi connectivity index (χ0v) is 12.4. The van der Waals surface area contributed by atoms with Crippen molar-refractivity contribution in [2.75, 3.05) is 5.73 Å². The van der Waals surface area contributed by atoms with Crippen molar-refractivity contribution < 1.29 is 4.79 Å². The van der Waals surface area contributed by atoms with E-state index in [1.54, 1.807) is 13.0 Å². The summed E-state index contributed by atoms with van der Waals surface area (Å²) < 4.78 is 0. The first kappa shape index (κ1) is 14.3. The van der Waals surface area contributed by atoms with Gasteiger partial charge >= 0.3 is 0 Å². The Hall–Kier alpha value is -2.09. The fraction of sp³-hybridized carbons (Fsp3) is 0.278. The molecule has 2 rings (SSSR count). The molecule has 2 heteroatoms. The first-order chi connectivity index (χ1) is 9.56. The number of allylic oxidation sites excluding steroid dienone is 2. The van der Waals surface area contributed by atoms with Crippen LogP contribution in [0.5, 0.6) is 0 Å². The van der Waals surface area contributed by atoms with Gasteiger partial charge in [0.05, 0.1) is 0 Å². The number of ketones is 1. The summed E-state index contributed by atoms with van der Waals surface area (Å²) >= 11 is 0. The molecule has 0 saturated heterocycles. The minimum Gasteiger partial charge on any atom is -0.399 e. The lowest BCUT2D eigenvalue weighted by Gasteiger charge is -2.13. The van der Waals surface area contributed by atoms with Crippen LogP contribution in [0.15, 0.2) is 36.4 Å². The maximum atomic E-state index is 11.4. The molecule has 0 unspecified atom stereocenters. The molecule has 104 valence electrons. The van der Waals surface area contributed by atoms with Crippen LogP contribution in [0.2, 0.25) is 0 Å². The Morgan fingerprint density at radius 3 is 2.50 bits per heavy atom. The fourth-order valence-electron chi connectivity index (χ4n) is 2.63. The summed E-state index contributed by atoms with van der Waals surface area (Å²) in [6.45, 7) is 5.81. The number of nitrogens with two attached hydrogens (primary N) is 1. The van der Waals surface area contributed by atoms with Gasteiger partial charge in [-0.1, -0.05) is 32.0 Å². The maximum Gasteiger partial charge on any atom is 0.152 e. The van der Waals surface area contributed by atoms with Gasteiger partial charge in [-0.05, 0) is 65.4 Å². The van der Waals surface area contributed by atoms with Crippen molar-refractivity contribution in [3.63, 3.8) is 0 Å². The minimum absolute atomic E-state index is 0.0819. The average molecular weight is 267 g/mol. The number of carbonyl (C=O) groups excluding carboxylic acids is 1. The molecule has 0 saturated carbocycles. The second-order valence-corrected chi connectivity index (χ2v) is 5.06. The SMILES string of the molecule is CC/C(=C\C(C)=O)c1ccc(CC)c2ccc(N)cc12. The molecule has 0 spiro atoms. The Morgan fingerprint density at radius 1 is 1.15 bits per heavy atom. The molecule has 0 atom stereocenters. The highest BCUT2D eigenvalue weighted by atomic mass is 16.1. The van der Waals surface area contributed by atoms with Gasteiger partial charge in [0.1, 0.15) is 0 Å². The molecule has 0 fully saturated rings. The summed E-state index contributed by atoms with van der Waals surface area (Å²) in [6.07, 6.45) is 3.54. The summed E-state index contributed by atoms with van der Waals surface area (Å²) in [5, 5.41) is 2.36. The number of anilines is 1. The third kappa shape index (κ3) is 2.74. The standard InChI is InChI=1S/C18H21NO/c1-4-13-6-8-17(14(5-2)10-12(3)20)18-11-15(19)7-9-16(13)18/h6-11H,4-5,19H2,1-3H3/b14-10+. The van der Waals surface area contributed by atoms with E-state index in [1.807, 2.05) is 12.1 Å². The summed E-state index contributed by atoms with van der Waals surface area (Å²) in [5.74, 6) is 0.0819. The van der Waals surface area contributed by atoms with E-state index in [0.717, 1.165) is 35.1 Å². The molecule has 2 nitrogen and oxygen atoms in total. The first-order valence-corrected chi connectivity index (χ1v) is 7.09. The number of hydrogen-bond donors (Lipinski definition) is 1. The summed E-state index contributed by atoms with van der Waals surface area (Å²) in [6, 6.07) is 10.3. The summed E-state index contributed by atoms with van der Waals surface area (Å²) in [4.78, 5) is 11.4. The van der Waals surface area contributed by atoms with Crippen molar-refractivity contribution in [2.45, 2.75) is 33.6 Å². The van der Waals surface area contributed by atoms with Crippen LogP contribution in [-0.2, 0) is 11.2 Å². The highest BCUT2D eigenvalue weighted by Crippen LogP contribution is 2.31. The molecule has 0 amide bonds. The van der Waals surface area contributed by atoms with Crippen LogP contribution in [0.4, 0.5) is 5.69 Å². The second kappa shape index (κ2) is 5.91. The number of fused-ring (bicyclic) bond motifs is 1. The zero-order valence-electron chi connectivity index (χ0n) is 12.4. The normalized spacial score (nSPS) is 11.8. The molecule has 0 aliphatic rings. The van der Waals surface area contributed by atoms with Crippen LogP contribution in [0, 0.1) is 0 Å². The monoisotopic (exact) mass is 267 g/mol. The smallest absolute Gasteiger partial charge is 0.152 e. The van der Waals surface area contributed by atoms with Crippen LogP contribution >= 0.6 is 0 Å². The van der Waals surface area contributed by atoms with E-state index in [-0.39, 0.29) is 5.78 Å². The average Bonchev–Trinajstić information content (AvgIpc) is 2.43. The van der Waals surface area contributed by atoms with Crippen molar-refractivity contribution in [1.82, 2.24) is 0 Å². The number of aryl methyl sites for hydroxylation is 1. The van der Waals surface area contributed by atoms with Gasteiger partial charge in [0.2, 0.25) is 0 Å². The van der Waals surface area contributed by atoms with Crippen molar-refractivity contribution in [1.29, 1.82) is 0 Å². The molecule has 2 aromatic carbocycles. The van der Waals surface area contributed by atoms with Crippen LogP contribution in [0.1, 0.15) is 38.3 Å². The topological polar surface area (TPSA) is 43.1 Å².